The second kappa shape index (κ2) is 5.88. The number of amides is 1. The van der Waals surface area contributed by atoms with Gasteiger partial charge in [0.2, 0.25) is 5.91 Å². The fourth-order valence-electron chi connectivity index (χ4n) is 3.43. The van der Waals surface area contributed by atoms with E-state index in [0.717, 1.165) is 45.7 Å². The predicted molar refractivity (Wildman–Crippen MR) is 87.3 cm³/mol. The summed E-state index contributed by atoms with van der Waals surface area (Å²) in [6.45, 7) is 19.3. The molecule has 0 spiro atoms. The van der Waals surface area contributed by atoms with Crippen LogP contribution in [0.3, 0.4) is 0 Å². The van der Waals surface area contributed by atoms with Gasteiger partial charge in [-0.2, -0.15) is 0 Å². The third kappa shape index (κ3) is 3.98. The molecule has 0 bridgehead atoms. The van der Waals surface area contributed by atoms with Gasteiger partial charge in [-0.1, -0.05) is 0 Å². The maximum absolute atomic E-state index is 12.7. The van der Waals surface area contributed by atoms with E-state index in [4.69, 9.17) is 0 Å². The van der Waals surface area contributed by atoms with Crippen molar-refractivity contribution in [2.24, 2.45) is 5.92 Å². The quantitative estimate of drug-likeness (QED) is 0.741. The van der Waals surface area contributed by atoms with Crippen LogP contribution in [-0.4, -0.2) is 71.0 Å². The Kier molecular flexibility index (Phi) is 4.69. The van der Waals surface area contributed by atoms with Gasteiger partial charge in [0.25, 0.3) is 0 Å². The first-order valence-corrected chi connectivity index (χ1v) is 8.38. The zero-order chi connectivity index (χ0) is 15.8. The Morgan fingerprint density at radius 1 is 0.810 bits per heavy atom. The van der Waals surface area contributed by atoms with Crippen molar-refractivity contribution in [1.29, 1.82) is 0 Å². The van der Waals surface area contributed by atoms with E-state index in [0.29, 0.717) is 5.91 Å². The van der Waals surface area contributed by atoms with Crippen molar-refractivity contribution in [3.63, 3.8) is 0 Å². The first-order valence-electron chi connectivity index (χ1n) is 8.38. The normalized spacial score (nSPS) is 26.4. The number of piperazine rings is 1. The Morgan fingerprint density at radius 2 is 1.33 bits per heavy atom. The number of nitrogens with zero attached hydrogens (tertiary/aromatic N) is 3. The molecule has 2 aliphatic rings. The van der Waals surface area contributed by atoms with Crippen molar-refractivity contribution >= 4 is 5.91 Å². The fraction of sp³-hybridized carbons (Fsp3) is 0.941. The van der Waals surface area contributed by atoms with E-state index in [1.54, 1.807) is 0 Å². The lowest BCUT2D eigenvalue weighted by Crippen LogP contribution is -2.55. The number of carbonyl (C=O) groups excluding carboxylic acids is 1. The maximum atomic E-state index is 12.7. The average Bonchev–Trinajstić information content (AvgIpc) is 2.86. The van der Waals surface area contributed by atoms with Crippen molar-refractivity contribution in [3.05, 3.63) is 0 Å². The Morgan fingerprint density at radius 3 is 1.76 bits per heavy atom. The Bertz CT molecular complexity index is 372. The van der Waals surface area contributed by atoms with Gasteiger partial charge in [-0.3, -0.25) is 14.6 Å². The molecule has 2 heterocycles. The minimum absolute atomic E-state index is 0.181. The number of carbonyl (C=O) groups is 1. The minimum Gasteiger partial charge on any atom is -0.340 e. The number of hydrogen-bond acceptors (Lipinski definition) is 3. The molecule has 1 amide bonds. The molecule has 2 fully saturated rings. The van der Waals surface area contributed by atoms with Gasteiger partial charge in [-0.25, -0.2) is 0 Å². The molecule has 21 heavy (non-hydrogen) atoms. The molecule has 0 unspecified atom stereocenters. The van der Waals surface area contributed by atoms with E-state index < -0.39 is 0 Å². The second-order valence-corrected chi connectivity index (χ2v) is 8.59. The first kappa shape index (κ1) is 16.8. The third-order valence-electron chi connectivity index (χ3n) is 5.03. The van der Waals surface area contributed by atoms with Crippen LogP contribution in [0.25, 0.3) is 0 Å². The molecule has 4 heteroatoms. The summed E-state index contributed by atoms with van der Waals surface area (Å²) in [5.74, 6) is 0.598. The molecule has 0 N–H and O–H groups in total. The lowest BCUT2D eigenvalue weighted by Gasteiger charge is -2.42. The predicted octanol–water partition coefficient (Wildman–Crippen LogP) is 2.05. The van der Waals surface area contributed by atoms with Crippen molar-refractivity contribution in [2.45, 2.75) is 59.0 Å². The summed E-state index contributed by atoms with van der Waals surface area (Å²) in [5, 5.41) is 0. The highest BCUT2D eigenvalue weighted by Crippen LogP contribution is 2.26. The molecule has 4 nitrogen and oxygen atoms in total. The van der Waals surface area contributed by atoms with Gasteiger partial charge in [0.05, 0.1) is 5.92 Å². The molecule has 2 rings (SSSR count). The van der Waals surface area contributed by atoms with Gasteiger partial charge in [0.1, 0.15) is 0 Å². The van der Waals surface area contributed by atoms with Crippen LogP contribution in [-0.2, 0) is 4.79 Å². The maximum Gasteiger partial charge on any atom is 0.227 e. The third-order valence-corrected chi connectivity index (χ3v) is 5.03. The Hall–Kier alpha value is -0.610. The van der Waals surface area contributed by atoms with Crippen LogP contribution >= 0.6 is 0 Å². The minimum atomic E-state index is 0.181. The fourth-order valence-corrected chi connectivity index (χ4v) is 3.43. The van der Waals surface area contributed by atoms with Gasteiger partial charge < -0.3 is 4.90 Å². The van der Waals surface area contributed by atoms with Crippen LogP contribution in [0.5, 0.6) is 0 Å². The van der Waals surface area contributed by atoms with Crippen molar-refractivity contribution in [1.82, 2.24) is 14.7 Å². The number of likely N-dealkylation sites (tertiary alicyclic amines) is 1. The molecule has 0 aromatic carbocycles. The summed E-state index contributed by atoms with van der Waals surface area (Å²) in [7, 11) is 0. The van der Waals surface area contributed by atoms with Crippen LogP contribution in [0.15, 0.2) is 0 Å². The van der Waals surface area contributed by atoms with E-state index in [1.165, 1.54) is 0 Å². The molecule has 0 aromatic heterocycles. The van der Waals surface area contributed by atoms with Crippen molar-refractivity contribution < 1.29 is 4.79 Å². The van der Waals surface area contributed by atoms with E-state index in [1.807, 2.05) is 0 Å². The van der Waals surface area contributed by atoms with E-state index >= 15 is 0 Å². The number of hydrogen-bond donors (Lipinski definition) is 0. The number of rotatable bonds is 1. The lowest BCUT2D eigenvalue weighted by molar-refractivity contribution is -0.137. The molecule has 0 radical (unpaired) electrons. The summed E-state index contributed by atoms with van der Waals surface area (Å²) in [5.41, 5.74) is 0.394. The van der Waals surface area contributed by atoms with Crippen molar-refractivity contribution in [2.75, 3.05) is 39.3 Å². The summed E-state index contributed by atoms with van der Waals surface area (Å²) < 4.78 is 0. The molecule has 122 valence electrons. The summed E-state index contributed by atoms with van der Waals surface area (Å²) in [4.78, 5) is 19.7. The van der Waals surface area contributed by atoms with Crippen LogP contribution < -0.4 is 0 Å². The average molecular weight is 295 g/mol. The molecular weight excluding hydrogens is 262 g/mol. The SMILES string of the molecule is CC(C)(C)N1CCN(C(=O)[C@H]2CCN(C(C)(C)C)C2)CC1. The molecular formula is C17H33N3O. The second-order valence-electron chi connectivity index (χ2n) is 8.59. The monoisotopic (exact) mass is 295 g/mol. The summed E-state index contributed by atoms with van der Waals surface area (Å²) in [6, 6.07) is 0. The summed E-state index contributed by atoms with van der Waals surface area (Å²) in [6.07, 6.45) is 1.02. The van der Waals surface area contributed by atoms with Crippen molar-refractivity contribution in [3.8, 4) is 0 Å². The van der Waals surface area contributed by atoms with Gasteiger partial charge in [0, 0.05) is 43.8 Å². The molecule has 1 atom stereocenters. The van der Waals surface area contributed by atoms with Gasteiger partial charge in [0.15, 0.2) is 0 Å². The van der Waals surface area contributed by atoms with Gasteiger partial charge in [-0.15, -0.1) is 0 Å². The van der Waals surface area contributed by atoms with Crippen LogP contribution in [0.4, 0.5) is 0 Å². The smallest absolute Gasteiger partial charge is 0.227 e. The zero-order valence-electron chi connectivity index (χ0n) is 14.8. The largest absolute Gasteiger partial charge is 0.340 e. The Labute approximate surface area is 130 Å². The summed E-state index contributed by atoms with van der Waals surface area (Å²) >= 11 is 0. The van der Waals surface area contributed by atoms with Crippen LogP contribution in [0.2, 0.25) is 0 Å². The highest BCUT2D eigenvalue weighted by molar-refractivity contribution is 5.79. The highest BCUT2D eigenvalue weighted by atomic mass is 16.2. The standard InChI is InChI=1S/C17H33N3O/c1-16(2,3)19-11-9-18(10-12-19)15(21)14-7-8-20(13-14)17(4,5)6/h14H,7-13H2,1-6H3/t14-/m0/s1. The van der Waals surface area contributed by atoms with Gasteiger partial charge >= 0.3 is 0 Å². The van der Waals surface area contributed by atoms with E-state index in [-0.39, 0.29) is 17.0 Å². The zero-order valence-corrected chi connectivity index (χ0v) is 14.8. The molecule has 2 saturated heterocycles. The molecule has 0 aromatic rings. The van der Waals surface area contributed by atoms with Gasteiger partial charge in [-0.05, 0) is 54.5 Å². The topological polar surface area (TPSA) is 26.8 Å². The Balaban J connectivity index is 1.86. The first-order chi connectivity index (χ1) is 9.59. The van der Waals surface area contributed by atoms with E-state index in [2.05, 4.69) is 56.2 Å². The molecule has 0 aliphatic carbocycles. The lowest BCUT2D eigenvalue weighted by atomic mass is 10.0. The van der Waals surface area contributed by atoms with E-state index in [9.17, 15) is 4.79 Å². The molecule has 2 aliphatic heterocycles. The van der Waals surface area contributed by atoms with Crippen LogP contribution in [0, 0.1) is 5.92 Å². The van der Waals surface area contributed by atoms with Crippen LogP contribution in [0.1, 0.15) is 48.0 Å². The molecule has 0 saturated carbocycles. The highest BCUT2D eigenvalue weighted by Gasteiger charge is 2.37.